The number of ether oxygens (including phenoxy) is 2. The van der Waals surface area contributed by atoms with E-state index in [9.17, 15) is 9.59 Å². The highest BCUT2D eigenvalue weighted by atomic mass is 16.5. The summed E-state index contributed by atoms with van der Waals surface area (Å²) in [6.45, 7) is 5.06. The first-order valence-corrected chi connectivity index (χ1v) is 8.08. The van der Waals surface area contributed by atoms with Crippen LogP contribution in [0.3, 0.4) is 0 Å². The highest BCUT2D eigenvalue weighted by molar-refractivity contribution is 6.03. The van der Waals surface area contributed by atoms with Crippen molar-refractivity contribution in [3.05, 3.63) is 29.3 Å². The number of nitrogen functional groups attached to an aromatic ring is 1. The summed E-state index contributed by atoms with van der Waals surface area (Å²) in [5, 5.41) is 0. The maximum absolute atomic E-state index is 12.3. The molecule has 126 valence electrons. The van der Waals surface area contributed by atoms with Crippen LogP contribution in [-0.4, -0.2) is 49.7 Å². The van der Waals surface area contributed by atoms with E-state index >= 15 is 0 Å². The Morgan fingerprint density at radius 1 is 1.09 bits per heavy atom. The van der Waals surface area contributed by atoms with Crippen LogP contribution in [0.25, 0.3) is 0 Å². The van der Waals surface area contributed by atoms with Gasteiger partial charge in [-0.1, -0.05) is 6.42 Å². The van der Waals surface area contributed by atoms with Crippen LogP contribution in [0, 0.1) is 0 Å². The number of carbonyl (C=O) groups is 2. The molecule has 0 aromatic heterocycles. The third kappa shape index (κ3) is 4.96. The fourth-order valence-corrected chi connectivity index (χ4v) is 2.65. The van der Waals surface area contributed by atoms with Gasteiger partial charge in [-0.15, -0.1) is 0 Å². The number of nitrogens with two attached hydrogens (primary N) is 1. The van der Waals surface area contributed by atoms with Crippen molar-refractivity contribution in [2.75, 3.05) is 38.6 Å². The van der Waals surface area contributed by atoms with Crippen molar-refractivity contribution in [2.45, 2.75) is 26.2 Å². The molecule has 1 aromatic rings. The number of piperidine rings is 1. The van der Waals surface area contributed by atoms with E-state index in [0.717, 1.165) is 13.1 Å². The number of hydrogen-bond donors (Lipinski definition) is 1. The molecule has 0 radical (unpaired) electrons. The van der Waals surface area contributed by atoms with Gasteiger partial charge in [-0.05, 0) is 51.1 Å². The van der Waals surface area contributed by atoms with Gasteiger partial charge in [0.1, 0.15) is 6.61 Å². The first kappa shape index (κ1) is 17.3. The summed E-state index contributed by atoms with van der Waals surface area (Å²) in [5.74, 6) is -1.09. The van der Waals surface area contributed by atoms with Crippen LogP contribution in [0.1, 0.15) is 46.9 Å². The van der Waals surface area contributed by atoms with Gasteiger partial charge in [-0.25, -0.2) is 9.59 Å². The zero-order valence-corrected chi connectivity index (χ0v) is 13.5. The molecule has 1 saturated heterocycles. The van der Waals surface area contributed by atoms with Crippen molar-refractivity contribution in [3.63, 3.8) is 0 Å². The molecule has 0 unspecified atom stereocenters. The highest BCUT2D eigenvalue weighted by Gasteiger charge is 2.20. The van der Waals surface area contributed by atoms with Crippen molar-refractivity contribution in [2.24, 2.45) is 0 Å². The summed E-state index contributed by atoms with van der Waals surface area (Å²) in [7, 11) is 0. The molecule has 0 spiro atoms. The Labute approximate surface area is 136 Å². The summed E-state index contributed by atoms with van der Waals surface area (Å²) in [5.41, 5.74) is 6.46. The average Bonchev–Trinajstić information content (AvgIpc) is 2.55. The van der Waals surface area contributed by atoms with E-state index in [1.807, 2.05) is 0 Å². The number of hydrogen-bond acceptors (Lipinski definition) is 6. The quantitative estimate of drug-likeness (QED) is 0.638. The lowest BCUT2D eigenvalue weighted by atomic mass is 10.1. The number of rotatable bonds is 6. The molecule has 6 nitrogen and oxygen atoms in total. The first-order valence-electron chi connectivity index (χ1n) is 8.08. The van der Waals surface area contributed by atoms with E-state index in [4.69, 9.17) is 15.2 Å². The molecule has 0 atom stereocenters. The molecule has 0 amide bonds. The second-order valence-electron chi connectivity index (χ2n) is 5.56. The molecule has 0 saturated carbocycles. The normalized spacial score (nSPS) is 15.2. The molecule has 0 bridgehead atoms. The average molecular weight is 320 g/mol. The number of nitrogens with zero attached hydrogens (tertiary/aromatic N) is 1. The second kappa shape index (κ2) is 8.53. The van der Waals surface area contributed by atoms with Crippen LogP contribution < -0.4 is 5.73 Å². The van der Waals surface area contributed by atoms with Gasteiger partial charge in [0, 0.05) is 12.2 Å². The number of benzene rings is 1. The smallest absolute Gasteiger partial charge is 0.339 e. The molecule has 23 heavy (non-hydrogen) atoms. The van der Waals surface area contributed by atoms with E-state index in [-0.39, 0.29) is 17.7 Å². The number of carbonyl (C=O) groups excluding carboxylic acids is 2. The standard InChI is InChI=1S/C17H24N2O4/c1-2-22-16(20)14-7-6-13(18)12-15(14)17(21)23-11-10-19-8-4-3-5-9-19/h6-7,12H,2-5,8-11,18H2,1H3. The van der Waals surface area contributed by atoms with E-state index in [1.165, 1.54) is 31.4 Å². The molecule has 2 rings (SSSR count). The lowest BCUT2D eigenvalue weighted by molar-refractivity contribution is 0.0429. The Hall–Kier alpha value is -2.08. The summed E-state index contributed by atoms with van der Waals surface area (Å²) in [6, 6.07) is 4.51. The van der Waals surface area contributed by atoms with Crippen LogP contribution in [0.5, 0.6) is 0 Å². The third-order valence-electron chi connectivity index (χ3n) is 3.85. The predicted molar refractivity (Wildman–Crippen MR) is 87.4 cm³/mol. The second-order valence-corrected chi connectivity index (χ2v) is 5.56. The number of likely N-dealkylation sites (tertiary alicyclic amines) is 1. The molecular formula is C17H24N2O4. The summed E-state index contributed by atoms with van der Waals surface area (Å²) < 4.78 is 10.3. The fraction of sp³-hybridized carbons (Fsp3) is 0.529. The Balaban J connectivity index is 1.97. The van der Waals surface area contributed by atoms with Gasteiger partial charge in [0.15, 0.2) is 0 Å². The number of anilines is 1. The maximum Gasteiger partial charge on any atom is 0.339 e. The Bertz CT molecular complexity index is 554. The molecular weight excluding hydrogens is 296 g/mol. The van der Waals surface area contributed by atoms with E-state index in [1.54, 1.807) is 13.0 Å². The minimum Gasteiger partial charge on any atom is -0.462 e. The molecule has 0 aliphatic carbocycles. The van der Waals surface area contributed by atoms with Gasteiger partial charge in [-0.3, -0.25) is 4.90 Å². The minimum absolute atomic E-state index is 0.155. The molecule has 1 fully saturated rings. The molecule has 2 N–H and O–H groups in total. The van der Waals surface area contributed by atoms with Crippen molar-refractivity contribution in [3.8, 4) is 0 Å². The van der Waals surface area contributed by atoms with Crippen LogP contribution >= 0.6 is 0 Å². The van der Waals surface area contributed by atoms with Gasteiger partial charge in [0.05, 0.1) is 17.7 Å². The van der Waals surface area contributed by atoms with Crippen LogP contribution in [0.4, 0.5) is 5.69 Å². The van der Waals surface area contributed by atoms with Crippen LogP contribution in [0.15, 0.2) is 18.2 Å². The van der Waals surface area contributed by atoms with E-state index in [0.29, 0.717) is 18.8 Å². The minimum atomic E-state index is -0.546. The third-order valence-corrected chi connectivity index (χ3v) is 3.85. The highest BCUT2D eigenvalue weighted by Crippen LogP contribution is 2.16. The topological polar surface area (TPSA) is 81.9 Å². The van der Waals surface area contributed by atoms with E-state index < -0.39 is 11.9 Å². The Morgan fingerprint density at radius 2 is 1.78 bits per heavy atom. The van der Waals surface area contributed by atoms with Crippen LogP contribution in [-0.2, 0) is 9.47 Å². The zero-order chi connectivity index (χ0) is 16.7. The van der Waals surface area contributed by atoms with Crippen molar-refractivity contribution >= 4 is 17.6 Å². The van der Waals surface area contributed by atoms with Gasteiger partial charge in [0.2, 0.25) is 0 Å². The predicted octanol–water partition coefficient (Wildman–Crippen LogP) is 2.09. The molecule has 1 aromatic carbocycles. The largest absolute Gasteiger partial charge is 0.462 e. The van der Waals surface area contributed by atoms with Crippen molar-refractivity contribution in [1.82, 2.24) is 4.90 Å². The van der Waals surface area contributed by atoms with Gasteiger partial charge < -0.3 is 15.2 Å². The monoisotopic (exact) mass is 320 g/mol. The number of esters is 2. The SMILES string of the molecule is CCOC(=O)c1ccc(N)cc1C(=O)OCCN1CCCCC1. The lowest BCUT2D eigenvalue weighted by Gasteiger charge is -2.25. The Morgan fingerprint density at radius 3 is 2.48 bits per heavy atom. The summed E-state index contributed by atoms with van der Waals surface area (Å²) in [4.78, 5) is 26.5. The maximum atomic E-state index is 12.3. The summed E-state index contributed by atoms with van der Waals surface area (Å²) in [6.07, 6.45) is 3.65. The van der Waals surface area contributed by atoms with Gasteiger partial charge in [-0.2, -0.15) is 0 Å². The molecule has 1 aliphatic heterocycles. The molecule has 1 heterocycles. The van der Waals surface area contributed by atoms with Gasteiger partial charge in [0.25, 0.3) is 0 Å². The lowest BCUT2D eigenvalue weighted by Crippen LogP contribution is -2.33. The molecule has 1 aliphatic rings. The Kier molecular flexibility index (Phi) is 6.40. The van der Waals surface area contributed by atoms with E-state index in [2.05, 4.69) is 4.90 Å². The molecule has 6 heteroatoms. The fourth-order valence-electron chi connectivity index (χ4n) is 2.65. The van der Waals surface area contributed by atoms with Crippen LogP contribution in [0.2, 0.25) is 0 Å². The summed E-state index contributed by atoms with van der Waals surface area (Å²) >= 11 is 0. The van der Waals surface area contributed by atoms with Gasteiger partial charge >= 0.3 is 11.9 Å². The first-order chi connectivity index (χ1) is 11.1. The van der Waals surface area contributed by atoms with Crippen molar-refractivity contribution < 1.29 is 19.1 Å². The zero-order valence-electron chi connectivity index (χ0n) is 13.5. The van der Waals surface area contributed by atoms with Crippen molar-refractivity contribution in [1.29, 1.82) is 0 Å².